The Bertz CT molecular complexity index is 703. The second-order valence-corrected chi connectivity index (χ2v) is 6.17. The smallest absolute Gasteiger partial charge is 0.263 e. The van der Waals surface area contributed by atoms with Crippen molar-refractivity contribution in [2.75, 3.05) is 11.9 Å². The molecular weight excluding hydrogens is 361 g/mol. The minimum absolute atomic E-state index is 0.186. The number of nitrogens with zero attached hydrogens (tertiary/aromatic N) is 2. The molecule has 0 bridgehead atoms. The van der Waals surface area contributed by atoms with Gasteiger partial charge in [-0.05, 0) is 19.4 Å². The summed E-state index contributed by atoms with van der Waals surface area (Å²) in [6.07, 6.45) is 2.54. The highest BCUT2D eigenvalue weighted by Gasteiger charge is 2.13. The van der Waals surface area contributed by atoms with Gasteiger partial charge in [0.05, 0.1) is 27.3 Å². The summed E-state index contributed by atoms with van der Waals surface area (Å²) < 4.78 is 7.15. The molecule has 0 spiro atoms. The van der Waals surface area contributed by atoms with Crippen molar-refractivity contribution in [2.24, 2.45) is 0 Å². The fourth-order valence-corrected chi connectivity index (χ4v) is 2.47. The molecule has 0 unspecified atom stereocenters. The molecule has 23 heavy (non-hydrogen) atoms. The number of amides is 1. The van der Waals surface area contributed by atoms with Crippen molar-refractivity contribution in [3.05, 3.63) is 39.5 Å². The standard InChI is InChI=1S/C15H16Cl3N3O2/c1-3-9(2)21-14(4-5-19-21)20-15(22)8-23-13-7-11(17)10(16)6-12(13)18/h4-7,9H,3,8H2,1-2H3,(H,20,22)/t9-/m0/s1. The van der Waals surface area contributed by atoms with Crippen molar-refractivity contribution in [3.8, 4) is 5.75 Å². The number of hydrogen-bond donors (Lipinski definition) is 1. The number of nitrogens with one attached hydrogen (secondary N) is 1. The summed E-state index contributed by atoms with van der Waals surface area (Å²) in [7, 11) is 0. The molecule has 1 aromatic heterocycles. The van der Waals surface area contributed by atoms with E-state index in [0.29, 0.717) is 21.6 Å². The molecule has 0 radical (unpaired) electrons. The van der Waals surface area contributed by atoms with Gasteiger partial charge in [-0.25, -0.2) is 4.68 Å². The zero-order valence-electron chi connectivity index (χ0n) is 12.6. The van der Waals surface area contributed by atoms with Crippen LogP contribution in [0.1, 0.15) is 26.3 Å². The summed E-state index contributed by atoms with van der Waals surface area (Å²) in [5, 5.41) is 7.88. The highest BCUT2D eigenvalue weighted by molar-refractivity contribution is 6.43. The van der Waals surface area contributed by atoms with Gasteiger partial charge in [-0.2, -0.15) is 5.10 Å². The molecule has 124 valence electrons. The van der Waals surface area contributed by atoms with Crippen LogP contribution in [0.15, 0.2) is 24.4 Å². The van der Waals surface area contributed by atoms with Crippen molar-refractivity contribution < 1.29 is 9.53 Å². The lowest BCUT2D eigenvalue weighted by Crippen LogP contribution is -2.23. The molecule has 0 aliphatic rings. The molecule has 1 atom stereocenters. The highest BCUT2D eigenvalue weighted by Crippen LogP contribution is 2.33. The molecule has 0 saturated carbocycles. The number of anilines is 1. The van der Waals surface area contributed by atoms with Gasteiger partial charge in [0.15, 0.2) is 6.61 Å². The Labute approximate surface area is 149 Å². The molecule has 0 fully saturated rings. The zero-order chi connectivity index (χ0) is 17.0. The highest BCUT2D eigenvalue weighted by atomic mass is 35.5. The van der Waals surface area contributed by atoms with Crippen molar-refractivity contribution in [2.45, 2.75) is 26.3 Å². The molecule has 1 heterocycles. The molecule has 0 saturated heterocycles. The first kappa shape index (κ1) is 17.9. The van der Waals surface area contributed by atoms with E-state index in [-0.39, 0.29) is 23.6 Å². The average molecular weight is 377 g/mol. The lowest BCUT2D eigenvalue weighted by Gasteiger charge is -2.14. The van der Waals surface area contributed by atoms with Crippen LogP contribution in [0.3, 0.4) is 0 Å². The van der Waals surface area contributed by atoms with E-state index in [1.807, 2.05) is 13.8 Å². The van der Waals surface area contributed by atoms with Crippen LogP contribution in [0.5, 0.6) is 5.75 Å². The number of hydrogen-bond acceptors (Lipinski definition) is 3. The Morgan fingerprint density at radius 2 is 2.00 bits per heavy atom. The molecule has 1 aromatic carbocycles. The zero-order valence-corrected chi connectivity index (χ0v) is 14.9. The topological polar surface area (TPSA) is 56.2 Å². The second-order valence-electron chi connectivity index (χ2n) is 4.95. The van der Waals surface area contributed by atoms with Crippen molar-refractivity contribution in [1.82, 2.24) is 9.78 Å². The molecule has 2 aromatic rings. The largest absolute Gasteiger partial charge is 0.482 e. The van der Waals surface area contributed by atoms with E-state index >= 15 is 0 Å². The number of carbonyl (C=O) groups excluding carboxylic acids is 1. The maximum absolute atomic E-state index is 12.0. The van der Waals surface area contributed by atoms with Gasteiger partial charge in [-0.3, -0.25) is 4.79 Å². The summed E-state index contributed by atoms with van der Waals surface area (Å²) in [5.74, 6) is 0.594. The predicted octanol–water partition coefficient (Wildman–Crippen LogP) is 4.83. The number of rotatable bonds is 6. The SMILES string of the molecule is CC[C@H](C)n1nccc1NC(=O)COc1cc(Cl)c(Cl)cc1Cl. The monoisotopic (exact) mass is 375 g/mol. The fraction of sp³-hybridized carbons (Fsp3) is 0.333. The van der Waals surface area contributed by atoms with Gasteiger partial charge >= 0.3 is 0 Å². The van der Waals surface area contributed by atoms with E-state index in [2.05, 4.69) is 10.4 Å². The van der Waals surface area contributed by atoms with E-state index < -0.39 is 0 Å². The predicted molar refractivity (Wildman–Crippen MR) is 92.8 cm³/mol. The van der Waals surface area contributed by atoms with E-state index in [1.54, 1.807) is 16.9 Å². The number of halogens is 3. The fourth-order valence-electron chi connectivity index (χ4n) is 1.87. The summed E-state index contributed by atoms with van der Waals surface area (Å²) in [6, 6.07) is 4.86. The Kier molecular flexibility index (Phi) is 6.16. The number of ether oxygens (including phenoxy) is 1. The van der Waals surface area contributed by atoms with Gasteiger partial charge in [0.25, 0.3) is 5.91 Å². The first-order valence-corrected chi connectivity index (χ1v) is 8.16. The molecule has 1 N–H and O–H groups in total. The van der Waals surface area contributed by atoms with Crippen LogP contribution in [0.2, 0.25) is 15.1 Å². The van der Waals surface area contributed by atoms with Gasteiger partial charge in [-0.15, -0.1) is 0 Å². The van der Waals surface area contributed by atoms with Crippen LogP contribution >= 0.6 is 34.8 Å². The van der Waals surface area contributed by atoms with Gasteiger partial charge in [0, 0.05) is 12.1 Å². The van der Waals surface area contributed by atoms with Gasteiger partial charge in [0.1, 0.15) is 11.6 Å². The van der Waals surface area contributed by atoms with Crippen LogP contribution < -0.4 is 10.1 Å². The number of carbonyl (C=O) groups is 1. The van der Waals surface area contributed by atoms with E-state index in [9.17, 15) is 4.79 Å². The van der Waals surface area contributed by atoms with E-state index in [4.69, 9.17) is 39.5 Å². The lowest BCUT2D eigenvalue weighted by molar-refractivity contribution is -0.118. The Morgan fingerprint density at radius 1 is 1.30 bits per heavy atom. The van der Waals surface area contributed by atoms with Crippen LogP contribution in [0.4, 0.5) is 5.82 Å². The van der Waals surface area contributed by atoms with Crippen LogP contribution in [0.25, 0.3) is 0 Å². The lowest BCUT2D eigenvalue weighted by atomic mass is 10.3. The molecule has 8 heteroatoms. The van der Waals surface area contributed by atoms with E-state index in [0.717, 1.165) is 6.42 Å². The average Bonchev–Trinajstić information content (AvgIpc) is 2.96. The molecular formula is C15H16Cl3N3O2. The molecule has 1 amide bonds. The summed E-state index contributed by atoms with van der Waals surface area (Å²) in [4.78, 5) is 12.0. The second kappa shape index (κ2) is 7.90. The first-order chi connectivity index (χ1) is 10.9. The van der Waals surface area contributed by atoms with Crippen molar-refractivity contribution >= 4 is 46.5 Å². The van der Waals surface area contributed by atoms with Gasteiger partial charge < -0.3 is 10.1 Å². The third kappa shape index (κ3) is 4.53. The summed E-state index contributed by atoms with van der Waals surface area (Å²) in [6.45, 7) is 3.87. The molecule has 5 nitrogen and oxygen atoms in total. The van der Waals surface area contributed by atoms with E-state index in [1.165, 1.54) is 12.1 Å². The summed E-state index contributed by atoms with van der Waals surface area (Å²) in [5.41, 5.74) is 0. The Morgan fingerprint density at radius 3 is 2.70 bits per heavy atom. The maximum atomic E-state index is 12.0. The van der Waals surface area contributed by atoms with Gasteiger partial charge in [-0.1, -0.05) is 41.7 Å². The molecule has 0 aliphatic heterocycles. The van der Waals surface area contributed by atoms with Crippen LogP contribution in [-0.2, 0) is 4.79 Å². The third-order valence-electron chi connectivity index (χ3n) is 3.28. The van der Waals surface area contributed by atoms with Crippen LogP contribution in [-0.4, -0.2) is 22.3 Å². The molecule has 2 rings (SSSR count). The minimum Gasteiger partial charge on any atom is -0.482 e. The minimum atomic E-state index is -0.322. The maximum Gasteiger partial charge on any atom is 0.263 e. The Hall–Kier alpha value is -1.43. The quantitative estimate of drug-likeness (QED) is 0.734. The third-order valence-corrected chi connectivity index (χ3v) is 4.30. The van der Waals surface area contributed by atoms with Crippen molar-refractivity contribution in [1.29, 1.82) is 0 Å². The number of aromatic nitrogens is 2. The van der Waals surface area contributed by atoms with Crippen LogP contribution in [0, 0.1) is 0 Å². The molecule has 0 aliphatic carbocycles. The van der Waals surface area contributed by atoms with Crippen molar-refractivity contribution in [3.63, 3.8) is 0 Å². The normalized spacial score (nSPS) is 12.0. The first-order valence-electron chi connectivity index (χ1n) is 7.03. The Balaban J connectivity index is 1.99. The number of benzene rings is 1. The van der Waals surface area contributed by atoms with Gasteiger partial charge in [0.2, 0.25) is 0 Å². The summed E-state index contributed by atoms with van der Waals surface area (Å²) >= 11 is 17.7.